The van der Waals surface area contributed by atoms with Gasteiger partial charge < -0.3 is 9.47 Å². The third-order valence-corrected chi connectivity index (χ3v) is 0.920. The number of halogens is 1. The predicted octanol–water partition coefficient (Wildman–Crippen LogP) is 0.287. The normalized spacial score (nSPS) is 12.3. The summed E-state index contributed by atoms with van der Waals surface area (Å²) >= 11 is 4.76. The first kappa shape index (κ1) is 9.39. The molecule has 0 aromatic heterocycles. The van der Waals surface area contributed by atoms with E-state index in [1.807, 2.05) is 0 Å². The Balaban J connectivity index is 3.68. The van der Waals surface area contributed by atoms with E-state index in [1.54, 1.807) is 0 Å². The van der Waals surface area contributed by atoms with Gasteiger partial charge in [0.15, 0.2) is 6.29 Å². The number of methoxy groups -OCH3 is 1. The first-order valence-corrected chi connectivity index (χ1v) is 2.89. The van der Waals surface area contributed by atoms with Crippen molar-refractivity contribution in [1.29, 1.82) is 0 Å². The lowest BCUT2D eigenvalue weighted by Gasteiger charge is -2.07. The number of esters is 1. The van der Waals surface area contributed by atoms with Crippen LogP contribution in [0.3, 0.4) is 0 Å². The molecule has 0 aromatic rings. The second-order valence-electron chi connectivity index (χ2n) is 1.48. The molecule has 0 spiro atoms. The van der Waals surface area contributed by atoms with Crippen LogP contribution in [0.1, 0.15) is 6.92 Å². The molecule has 0 aliphatic rings. The van der Waals surface area contributed by atoms with Crippen LogP contribution >= 0.6 is 11.6 Å². The molecular formula is C5H7ClO4. The molecule has 0 bridgehead atoms. The first-order chi connectivity index (χ1) is 4.57. The lowest BCUT2D eigenvalue weighted by molar-refractivity contribution is -0.171. The monoisotopic (exact) mass is 166 g/mol. The second-order valence-corrected chi connectivity index (χ2v) is 1.83. The van der Waals surface area contributed by atoms with Crippen molar-refractivity contribution in [1.82, 2.24) is 0 Å². The smallest absolute Gasteiger partial charge is 0.393 e. The highest BCUT2D eigenvalue weighted by Crippen LogP contribution is 1.93. The zero-order valence-corrected chi connectivity index (χ0v) is 6.34. The van der Waals surface area contributed by atoms with Crippen molar-refractivity contribution in [2.24, 2.45) is 0 Å². The largest absolute Gasteiger partial charge is 0.429 e. The van der Waals surface area contributed by atoms with Gasteiger partial charge >= 0.3 is 11.2 Å². The van der Waals surface area contributed by atoms with E-state index in [4.69, 9.17) is 11.6 Å². The Labute approximate surface area is 63.1 Å². The van der Waals surface area contributed by atoms with Gasteiger partial charge in [0.25, 0.3) is 0 Å². The molecule has 0 aliphatic carbocycles. The quantitative estimate of drug-likeness (QED) is 0.262. The van der Waals surface area contributed by atoms with Crippen LogP contribution in [0.2, 0.25) is 0 Å². The summed E-state index contributed by atoms with van der Waals surface area (Å²) < 4.78 is 8.84. The average molecular weight is 167 g/mol. The van der Waals surface area contributed by atoms with Crippen LogP contribution in [0.5, 0.6) is 0 Å². The van der Waals surface area contributed by atoms with E-state index in [-0.39, 0.29) is 0 Å². The van der Waals surface area contributed by atoms with Crippen LogP contribution in [0.15, 0.2) is 0 Å². The Bertz CT molecular complexity index is 145. The number of hydrogen-bond donors (Lipinski definition) is 0. The van der Waals surface area contributed by atoms with Crippen molar-refractivity contribution < 1.29 is 19.1 Å². The van der Waals surface area contributed by atoms with E-state index in [1.165, 1.54) is 14.0 Å². The van der Waals surface area contributed by atoms with Crippen molar-refractivity contribution >= 4 is 22.8 Å². The van der Waals surface area contributed by atoms with Crippen molar-refractivity contribution in [3.05, 3.63) is 0 Å². The molecule has 0 saturated heterocycles. The van der Waals surface area contributed by atoms with Crippen molar-refractivity contribution in [3.8, 4) is 0 Å². The standard InChI is InChI=1S/C5H7ClO4/c1-3(9-2)10-5(8)4(6)7/h3H,1-2H3. The van der Waals surface area contributed by atoms with Gasteiger partial charge in [0.1, 0.15) is 0 Å². The highest BCUT2D eigenvalue weighted by molar-refractivity contribution is 6.80. The maximum Gasteiger partial charge on any atom is 0.393 e. The van der Waals surface area contributed by atoms with Crippen LogP contribution in [0, 0.1) is 0 Å². The van der Waals surface area contributed by atoms with Gasteiger partial charge in [-0.1, -0.05) is 0 Å². The van der Waals surface area contributed by atoms with Gasteiger partial charge in [-0.3, -0.25) is 4.79 Å². The minimum Gasteiger partial charge on any atom is -0.429 e. The molecule has 10 heavy (non-hydrogen) atoms. The van der Waals surface area contributed by atoms with Crippen molar-refractivity contribution in [3.63, 3.8) is 0 Å². The van der Waals surface area contributed by atoms with Gasteiger partial charge in [0, 0.05) is 7.11 Å². The summed E-state index contributed by atoms with van der Waals surface area (Å²) in [6.07, 6.45) is -0.741. The molecule has 1 unspecified atom stereocenters. The highest BCUT2D eigenvalue weighted by Gasteiger charge is 2.14. The number of rotatable bonds is 3. The molecule has 1 atom stereocenters. The van der Waals surface area contributed by atoms with Gasteiger partial charge in [0.2, 0.25) is 0 Å². The zero-order chi connectivity index (χ0) is 8.15. The van der Waals surface area contributed by atoms with Gasteiger partial charge in [-0.05, 0) is 18.5 Å². The molecule has 0 heterocycles. The van der Waals surface area contributed by atoms with Crippen LogP contribution in [0.4, 0.5) is 0 Å². The summed E-state index contributed by atoms with van der Waals surface area (Å²) in [5.41, 5.74) is 0. The second kappa shape index (κ2) is 4.24. The van der Waals surface area contributed by atoms with Crippen molar-refractivity contribution in [2.75, 3.05) is 7.11 Å². The maximum absolute atomic E-state index is 10.3. The molecule has 0 N–H and O–H groups in total. The predicted molar refractivity (Wildman–Crippen MR) is 33.4 cm³/mol. The Kier molecular flexibility index (Phi) is 3.99. The molecule has 0 radical (unpaired) electrons. The van der Waals surface area contributed by atoms with Gasteiger partial charge in [-0.25, -0.2) is 4.79 Å². The fourth-order valence-corrected chi connectivity index (χ4v) is 0.290. The van der Waals surface area contributed by atoms with Crippen LogP contribution in [-0.4, -0.2) is 24.6 Å². The third kappa shape index (κ3) is 3.42. The van der Waals surface area contributed by atoms with Crippen molar-refractivity contribution in [2.45, 2.75) is 13.2 Å². The van der Waals surface area contributed by atoms with Gasteiger partial charge in [-0.15, -0.1) is 0 Å². The Morgan fingerprint density at radius 1 is 1.50 bits per heavy atom. The molecule has 0 aliphatic heterocycles. The molecule has 0 fully saturated rings. The molecule has 5 heteroatoms. The number of hydrogen-bond acceptors (Lipinski definition) is 4. The summed E-state index contributed by atoms with van der Waals surface area (Å²) in [6.45, 7) is 1.47. The number of carbonyl (C=O) groups excluding carboxylic acids is 2. The van der Waals surface area contributed by atoms with Crippen LogP contribution in [-0.2, 0) is 19.1 Å². The molecule has 0 rings (SSSR count). The van der Waals surface area contributed by atoms with Gasteiger partial charge in [-0.2, -0.15) is 0 Å². The number of carbonyl (C=O) groups is 2. The molecular weight excluding hydrogens is 160 g/mol. The Hall–Kier alpha value is -0.610. The summed E-state index contributed by atoms with van der Waals surface area (Å²) in [4.78, 5) is 20.4. The topological polar surface area (TPSA) is 52.6 Å². The van der Waals surface area contributed by atoms with E-state index in [0.717, 1.165) is 0 Å². The van der Waals surface area contributed by atoms with Crippen LogP contribution < -0.4 is 0 Å². The van der Waals surface area contributed by atoms with E-state index in [0.29, 0.717) is 0 Å². The lowest BCUT2D eigenvalue weighted by Crippen LogP contribution is -2.20. The lowest BCUT2D eigenvalue weighted by atomic mass is 10.7. The van der Waals surface area contributed by atoms with E-state index in [2.05, 4.69) is 9.47 Å². The first-order valence-electron chi connectivity index (χ1n) is 2.51. The number of ether oxygens (including phenoxy) is 2. The average Bonchev–Trinajstić information content (AvgIpc) is 1.87. The molecule has 0 aromatic carbocycles. The third-order valence-electron chi connectivity index (χ3n) is 0.765. The minimum atomic E-state index is -1.15. The van der Waals surface area contributed by atoms with E-state index in [9.17, 15) is 9.59 Å². The zero-order valence-electron chi connectivity index (χ0n) is 5.59. The molecule has 0 saturated carbocycles. The minimum absolute atomic E-state index is 0.741. The summed E-state index contributed by atoms with van der Waals surface area (Å²) in [5, 5.41) is -1.15. The Morgan fingerprint density at radius 3 is 2.30 bits per heavy atom. The fourth-order valence-electron chi connectivity index (χ4n) is 0.245. The van der Waals surface area contributed by atoms with Crippen LogP contribution in [0.25, 0.3) is 0 Å². The molecule has 0 amide bonds. The molecule has 58 valence electrons. The summed E-state index contributed by atoms with van der Waals surface area (Å²) in [7, 11) is 1.34. The Morgan fingerprint density at radius 2 is 2.00 bits per heavy atom. The summed E-state index contributed by atoms with van der Waals surface area (Å²) in [6, 6.07) is 0. The maximum atomic E-state index is 10.3. The van der Waals surface area contributed by atoms with E-state index < -0.39 is 17.5 Å². The highest BCUT2D eigenvalue weighted by atomic mass is 35.5. The SMILES string of the molecule is COC(C)OC(=O)C(=O)Cl. The fraction of sp³-hybridized carbons (Fsp3) is 0.600. The molecule has 4 nitrogen and oxygen atoms in total. The summed E-state index contributed by atoms with van der Waals surface area (Å²) in [5.74, 6) is -1.10. The van der Waals surface area contributed by atoms with Gasteiger partial charge in [0.05, 0.1) is 0 Å². The van der Waals surface area contributed by atoms with E-state index >= 15 is 0 Å².